The molecule has 0 aliphatic carbocycles. The second kappa shape index (κ2) is 7.69. The minimum atomic E-state index is -3.68. The molecular formula is C23H27N3O2S. The van der Waals surface area contributed by atoms with Gasteiger partial charge >= 0.3 is 0 Å². The molecule has 1 aliphatic heterocycles. The van der Waals surface area contributed by atoms with Crippen molar-refractivity contribution in [2.75, 3.05) is 38.1 Å². The van der Waals surface area contributed by atoms with Gasteiger partial charge in [-0.05, 0) is 37.7 Å². The Kier molecular flexibility index (Phi) is 5.23. The van der Waals surface area contributed by atoms with Gasteiger partial charge in [0.15, 0.2) is 0 Å². The van der Waals surface area contributed by atoms with Gasteiger partial charge < -0.3 is 9.80 Å². The summed E-state index contributed by atoms with van der Waals surface area (Å²) >= 11 is 0. The summed E-state index contributed by atoms with van der Waals surface area (Å²) in [4.78, 5) is 4.62. The van der Waals surface area contributed by atoms with Gasteiger partial charge in [0.2, 0.25) is 10.0 Å². The second-order valence-corrected chi connectivity index (χ2v) is 9.69. The van der Waals surface area contributed by atoms with Crippen LogP contribution in [-0.4, -0.2) is 50.5 Å². The molecule has 2 aromatic carbocycles. The van der Waals surface area contributed by atoms with E-state index in [1.165, 1.54) is 10.0 Å². The van der Waals surface area contributed by atoms with Gasteiger partial charge in [-0.15, -0.1) is 6.58 Å². The van der Waals surface area contributed by atoms with Crippen LogP contribution < -0.4 is 4.90 Å². The quantitative estimate of drug-likeness (QED) is 0.601. The van der Waals surface area contributed by atoms with Crippen LogP contribution in [0, 0.1) is 6.92 Å². The Hall–Kier alpha value is -2.57. The van der Waals surface area contributed by atoms with Crippen LogP contribution in [0.2, 0.25) is 0 Å². The van der Waals surface area contributed by atoms with E-state index in [9.17, 15) is 8.42 Å². The maximum atomic E-state index is 13.5. The van der Waals surface area contributed by atoms with E-state index in [4.69, 9.17) is 0 Å². The number of piperazine rings is 1. The van der Waals surface area contributed by atoms with E-state index in [0.29, 0.717) is 5.52 Å². The number of benzene rings is 2. The van der Waals surface area contributed by atoms with Crippen molar-refractivity contribution in [2.45, 2.75) is 12.2 Å². The fraction of sp³-hybridized carbons (Fsp3) is 0.304. The zero-order valence-corrected chi connectivity index (χ0v) is 17.8. The van der Waals surface area contributed by atoms with E-state index in [1.807, 2.05) is 49.4 Å². The zero-order valence-electron chi connectivity index (χ0n) is 17.0. The van der Waals surface area contributed by atoms with Crippen LogP contribution in [-0.2, 0) is 10.0 Å². The van der Waals surface area contributed by atoms with Crippen molar-refractivity contribution in [1.29, 1.82) is 0 Å². The number of rotatable bonds is 5. The third-order valence-corrected chi connectivity index (χ3v) is 7.70. The molecule has 1 fully saturated rings. The maximum absolute atomic E-state index is 13.5. The predicted molar refractivity (Wildman–Crippen MR) is 120 cm³/mol. The fourth-order valence-electron chi connectivity index (χ4n) is 3.88. The first kappa shape index (κ1) is 19.7. The Morgan fingerprint density at radius 2 is 1.69 bits per heavy atom. The van der Waals surface area contributed by atoms with E-state index in [2.05, 4.69) is 29.5 Å². The van der Waals surface area contributed by atoms with Crippen LogP contribution in [0.15, 0.2) is 67.4 Å². The van der Waals surface area contributed by atoms with E-state index in [0.717, 1.165) is 48.4 Å². The number of aryl methyl sites for hydroxylation is 1. The molecule has 1 saturated heterocycles. The van der Waals surface area contributed by atoms with Crippen molar-refractivity contribution in [1.82, 2.24) is 8.87 Å². The van der Waals surface area contributed by atoms with Gasteiger partial charge in [-0.1, -0.05) is 42.0 Å². The summed E-state index contributed by atoms with van der Waals surface area (Å²) in [6.07, 6.45) is 3.16. The van der Waals surface area contributed by atoms with Crippen LogP contribution in [0.5, 0.6) is 0 Å². The van der Waals surface area contributed by atoms with Crippen molar-refractivity contribution in [3.63, 3.8) is 0 Å². The summed E-state index contributed by atoms with van der Waals surface area (Å²) < 4.78 is 28.5. The molecule has 0 amide bonds. The molecule has 0 saturated carbocycles. The number of fused-ring (bicyclic) bond motifs is 1. The number of likely N-dealkylation sites (N-methyl/N-ethyl adjacent to an activating group) is 1. The lowest BCUT2D eigenvalue weighted by Gasteiger charge is -2.34. The SMILES string of the molecule is C=CC(c1ccc(C)cc1)S(=O)(=O)n1ccc2ccc(N3CCN(C)CC3)cc21. The minimum absolute atomic E-state index is 0.709. The molecule has 1 unspecified atom stereocenters. The highest BCUT2D eigenvalue weighted by atomic mass is 32.2. The summed E-state index contributed by atoms with van der Waals surface area (Å²) in [5.74, 6) is 0. The lowest BCUT2D eigenvalue weighted by Crippen LogP contribution is -2.44. The molecule has 2 heterocycles. The summed E-state index contributed by atoms with van der Waals surface area (Å²) in [5, 5.41) is 0.115. The summed E-state index contributed by atoms with van der Waals surface area (Å²) in [6, 6.07) is 15.5. The van der Waals surface area contributed by atoms with Crippen molar-refractivity contribution in [2.24, 2.45) is 0 Å². The molecule has 0 radical (unpaired) electrons. The molecule has 29 heavy (non-hydrogen) atoms. The smallest absolute Gasteiger partial charge is 0.249 e. The van der Waals surface area contributed by atoms with Gasteiger partial charge in [0, 0.05) is 43.4 Å². The highest BCUT2D eigenvalue weighted by Crippen LogP contribution is 2.31. The molecule has 0 N–H and O–H groups in total. The average molecular weight is 410 g/mol. The third-order valence-electron chi connectivity index (χ3n) is 5.72. The van der Waals surface area contributed by atoms with Gasteiger partial charge in [0.05, 0.1) is 5.52 Å². The van der Waals surface area contributed by atoms with E-state index in [1.54, 1.807) is 6.20 Å². The van der Waals surface area contributed by atoms with E-state index >= 15 is 0 Å². The molecule has 0 spiro atoms. The molecule has 6 heteroatoms. The number of hydrogen-bond acceptors (Lipinski definition) is 4. The first-order valence-electron chi connectivity index (χ1n) is 9.88. The van der Waals surface area contributed by atoms with Crippen molar-refractivity contribution in [3.8, 4) is 0 Å². The second-order valence-electron chi connectivity index (χ2n) is 7.76. The Morgan fingerprint density at radius 3 is 2.34 bits per heavy atom. The summed E-state index contributed by atoms with van der Waals surface area (Å²) in [7, 11) is -1.56. The molecule has 4 rings (SSSR count). The van der Waals surface area contributed by atoms with Crippen molar-refractivity contribution in [3.05, 3.63) is 78.5 Å². The topological polar surface area (TPSA) is 45.6 Å². The van der Waals surface area contributed by atoms with Crippen LogP contribution in [0.25, 0.3) is 10.9 Å². The van der Waals surface area contributed by atoms with Gasteiger partial charge in [0.25, 0.3) is 0 Å². The van der Waals surface area contributed by atoms with Crippen molar-refractivity contribution < 1.29 is 8.42 Å². The zero-order chi connectivity index (χ0) is 20.6. The molecular weight excluding hydrogens is 382 g/mol. The summed E-state index contributed by atoms with van der Waals surface area (Å²) in [5.41, 5.74) is 3.59. The minimum Gasteiger partial charge on any atom is -0.369 e. The Morgan fingerprint density at radius 1 is 1.00 bits per heavy atom. The van der Waals surface area contributed by atoms with Gasteiger partial charge in [-0.25, -0.2) is 12.4 Å². The summed E-state index contributed by atoms with van der Waals surface area (Å²) in [6.45, 7) is 9.68. The number of aromatic nitrogens is 1. The number of anilines is 1. The largest absolute Gasteiger partial charge is 0.369 e. The van der Waals surface area contributed by atoms with Gasteiger partial charge in [-0.2, -0.15) is 0 Å². The molecule has 0 bridgehead atoms. The average Bonchev–Trinajstić information content (AvgIpc) is 3.14. The molecule has 152 valence electrons. The third kappa shape index (κ3) is 3.70. The molecule has 1 atom stereocenters. The number of nitrogens with zero attached hydrogens (tertiary/aromatic N) is 3. The van der Waals surface area contributed by atoms with Crippen LogP contribution >= 0.6 is 0 Å². The number of hydrogen-bond donors (Lipinski definition) is 0. The first-order valence-corrected chi connectivity index (χ1v) is 11.4. The fourth-order valence-corrected chi connectivity index (χ4v) is 5.54. The lowest BCUT2D eigenvalue weighted by atomic mass is 10.1. The van der Waals surface area contributed by atoms with E-state index in [-0.39, 0.29) is 0 Å². The van der Waals surface area contributed by atoms with Crippen LogP contribution in [0.3, 0.4) is 0 Å². The van der Waals surface area contributed by atoms with E-state index < -0.39 is 15.3 Å². The van der Waals surface area contributed by atoms with Gasteiger partial charge in [0.1, 0.15) is 5.25 Å². The lowest BCUT2D eigenvalue weighted by molar-refractivity contribution is 0.313. The van der Waals surface area contributed by atoms with Crippen LogP contribution in [0.1, 0.15) is 16.4 Å². The monoisotopic (exact) mass is 409 g/mol. The maximum Gasteiger partial charge on any atom is 0.249 e. The van der Waals surface area contributed by atoms with Crippen LogP contribution in [0.4, 0.5) is 5.69 Å². The highest BCUT2D eigenvalue weighted by Gasteiger charge is 2.27. The normalized spacial score (nSPS) is 16.8. The molecule has 3 aromatic rings. The standard InChI is InChI=1S/C23H27N3O2S/c1-4-23(20-7-5-18(2)6-8-20)29(27,28)26-12-11-19-9-10-21(17-22(19)26)25-15-13-24(3)14-16-25/h4-12,17,23H,1,13-16H2,2-3H3. The first-order chi connectivity index (χ1) is 13.9. The predicted octanol–water partition coefficient (Wildman–Crippen LogP) is 3.81. The highest BCUT2D eigenvalue weighted by molar-refractivity contribution is 7.90. The Labute approximate surface area is 172 Å². The molecule has 5 nitrogen and oxygen atoms in total. The molecule has 1 aromatic heterocycles. The Bertz CT molecular complexity index is 1120. The van der Waals surface area contributed by atoms with Gasteiger partial charge in [-0.3, -0.25) is 0 Å². The Balaban J connectivity index is 1.74. The molecule has 1 aliphatic rings. The van der Waals surface area contributed by atoms with Crippen molar-refractivity contribution >= 4 is 26.6 Å².